The molecule has 2 aliphatic rings. The van der Waals surface area contributed by atoms with Crippen LogP contribution < -0.4 is 5.32 Å². The van der Waals surface area contributed by atoms with Crippen LogP contribution in [0, 0.1) is 5.92 Å². The van der Waals surface area contributed by atoms with Gasteiger partial charge in [-0.1, -0.05) is 0 Å². The average Bonchev–Trinajstić information content (AvgIpc) is 2.94. The molecular weight excluding hydrogens is 212 g/mol. The van der Waals surface area contributed by atoms with Crippen LogP contribution in [0.15, 0.2) is 23.0 Å². The molecule has 2 aliphatic carbocycles. The minimum atomic E-state index is 0.760. The summed E-state index contributed by atoms with van der Waals surface area (Å²) < 4.78 is 5.12. The summed E-state index contributed by atoms with van der Waals surface area (Å²) in [6, 6.07) is 3.67. The summed E-state index contributed by atoms with van der Waals surface area (Å²) in [7, 11) is 2.24. The Morgan fingerprint density at radius 2 is 2.24 bits per heavy atom. The molecular formula is C14H22N2O. The van der Waals surface area contributed by atoms with Crippen LogP contribution in [-0.4, -0.2) is 30.6 Å². The highest BCUT2D eigenvalue weighted by Gasteiger charge is 2.34. The molecule has 0 aliphatic heterocycles. The van der Waals surface area contributed by atoms with Crippen molar-refractivity contribution in [2.24, 2.45) is 5.92 Å². The van der Waals surface area contributed by atoms with E-state index in [1.165, 1.54) is 37.8 Å². The summed E-state index contributed by atoms with van der Waals surface area (Å²) in [4.78, 5) is 2.48. The van der Waals surface area contributed by atoms with E-state index in [9.17, 15) is 0 Å². The molecule has 1 N–H and O–H groups in total. The van der Waals surface area contributed by atoms with Gasteiger partial charge in [0.05, 0.1) is 12.5 Å². The Bertz CT molecular complexity index is 345. The molecule has 2 unspecified atom stereocenters. The first-order valence-corrected chi connectivity index (χ1v) is 6.77. The Labute approximate surface area is 103 Å². The summed E-state index contributed by atoms with van der Waals surface area (Å²) in [6.07, 6.45) is 9.14. The lowest BCUT2D eigenvalue weighted by Crippen LogP contribution is -2.48. The molecule has 0 aromatic carbocycles. The largest absolute Gasteiger partial charge is 0.472 e. The van der Waals surface area contributed by atoms with E-state index in [0.29, 0.717) is 0 Å². The first kappa shape index (κ1) is 11.3. The van der Waals surface area contributed by atoms with Crippen LogP contribution in [0.1, 0.15) is 31.2 Å². The molecule has 2 atom stereocenters. The summed E-state index contributed by atoms with van der Waals surface area (Å²) in [5, 5.41) is 3.66. The van der Waals surface area contributed by atoms with Crippen molar-refractivity contribution in [3.63, 3.8) is 0 Å². The van der Waals surface area contributed by atoms with Gasteiger partial charge in [-0.15, -0.1) is 0 Å². The molecule has 0 amide bonds. The van der Waals surface area contributed by atoms with Gasteiger partial charge in [-0.2, -0.15) is 0 Å². The lowest BCUT2D eigenvalue weighted by molar-refractivity contribution is 0.0777. The van der Waals surface area contributed by atoms with Gasteiger partial charge < -0.3 is 9.73 Å². The van der Waals surface area contributed by atoms with Crippen molar-refractivity contribution in [2.45, 2.75) is 44.3 Å². The minimum Gasteiger partial charge on any atom is -0.472 e. The highest BCUT2D eigenvalue weighted by atomic mass is 16.3. The molecule has 0 saturated heterocycles. The Morgan fingerprint density at radius 3 is 2.82 bits per heavy atom. The zero-order valence-electron chi connectivity index (χ0n) is 10.6. The second kappa shape index (κ2) is 4.83. The molecule has 3 rings (SSSR count). The van der Waals surface area contributed by atoms with E-state index in [-0.39, 0.29) is 0 Å². The Balaban J connectivity index is 1.46. The normalized spacial score (nSPS) is 28.4. The quantitative estimate of drug-likeness (QED) is 0.818. The van der Waals surface area contributed by atoms with Crippen LogP contribution in [0.5, 0.6) is 0 Å². The maximum Gasteiger partial charge on any atom is 0.0947 e. The number of hydrogen-bond acceptors (Lipinski definition) is 3. The van der Waals surface area contributed by atoms with Crippen molar-refractivity contribution in [2.75, 3.05) is 13.6 Å². The minimum absolute atomic E-state index is 0.760. The van der Waals surface area contributed by atoms with Gasteiger partial charge in [-0.3, -0.25) is 4.90 Å². The molecule has 0 bridgehead atoms. The van der Waals surface area contributed by atoms with E-state index < -0.39 is 0 Å². The number of nitrogens with one attached hydrogen (secondary N) is 1. The van der Waals surface area contributed by atoms with Crippen LogP contribution in [-0.2, 0) is 6.54 Å². The number of rotatable bonds is 6. The third-order valence-corrected chi connectivity index (χ3v) is 4.20. The van der Waals surface area contributed by atoms with Gasteiger partial charge in [0.25, 0.3) is 0 Å². The van der Waals surface area contributed by atoms with Gasteiger partial charge in [0, 0.05) is 24.2 Å². The monoisotopic (exact) mass is 234 g/mol. The topological polar surface area (TPSA) is 28.4 Å². The van der Waals surface area contributed by atoms with E-state index >= 15 is 0 Å². The average molecular weight is 234 g/mol. The van der Waals surface area contributed by atoms with Crippen LogP contribution in [0.25, 0.3) is 0 Å². The first-order valence-electron chi connectivity index (χ1n) is 6.77. The summed E-state index contributed by atoms with van der Waals surface area (Å²) in [6.45, 7) is 2.23. The summed E-state index contributed by atoms with van der Waals surface area (Å²) >= 11 is 0. The zero-order chi connectivity index (χ0) is 11.7. The molecule has 17 heavy (non-hydrogen) atoms. The van der Waals surface area contributed by atoms with E-state index in [4.69, 9.17) is 4.42 Å². The predicted molar refractivity (Wildman–Crippen MR) is 67.7 cm³/mol. The van der Waals surface area contributed by atoms with Crippen molar-refractivity contribution in [3.8, 4) is 0 Å². The van der Waals surface area contributed by atoms with Crippen molar-refractivity contribution >= 4 is 0 Å². The molecule has 3 nitrogen and oxygen atoms in total. The van der Waals surface area contributed by atoms with E-state index in [1.807, 2.05) is 6.26 Å². The number of hydrogen-bond donors (Lipinski definition) is 1. The smallest absolute Gasteiger partial charge is 0.0947 e. The van der Waals surface area contributed by atoms with Crippen LogP contribution >= 0.6 is 0 Å². The van der Waals surface area contributed by atoms with Crippen LogP contribution in [0.3, 0.4) is 0 Å². The van der Waals surface area contributed by atoms with E-state index in [1.54, 1.807) is 6.26 Å². The summed E-state index contributed by atoms with van der Waals surface area (Å²) in [5.74, 6) is 0.854. The third kappa shape index (κ3) is 2.72. The Kier molecular flexibility index (Phi) is 3.21. The van der Waals surface area contributed by atoms with Crippen molar-refractivity contribution in [1.82, 2.24) is 10.2 Å². The van der Waals surface area contributed by atoms with Crippen molar-refractivity contribution < 1.29 is 4.42 Å². The molecule has 2 saturated carbocycles. The van der Waals surface area contributed by atoms with Crippen molar-refractivity contribution in [3.05, 3.63) is 24.2 Å². The SMILES string of the molecule is CN(Cc1ccoc1)C1CCC1CNC1CC1. The van der Waals surface area contributed by atoms with Gasteiger partial charge >= 0.3 is 0 Å². The highest BCUT2D eigenvalue weighted by Crippen LogP contribution is 2.32. The fourth-order valence-electron chi connectivity index (χ4n) is 2.76. The van der Waals surface area contributed by atoms with Crippen molar-refractivity contribution in [1.29, 1.82) is 0 Å². The maximum absolute atomic E-state index is 5.12. The Morgan fingerprint density at radius 1 is 1.35 bits per heavy atom. The van der Waals surface area contributed by atoms with Gasteiger partial charge in [0.1, 0.15) is 0 Å². The van der Waals surface area contributed by atoms with Gasteiger partial charge in [0.15, 0.2) is 0 Å². The third-order valence-electron chi connectivity index (χ3n) is 4.20. The summed E-state index contributed by atoms with van der Waals surface area (Å²) in [5.41, 5.74) is 1.29. The Hall–Kier alpha value is -0.800. The second-order valence-corrected chi connectivity index (χ2v) is 5.63. The fourth-order valence-corrected chi connectivity index (χ4v) is 2.76. The van der Waals surface area contributed by atoms with Gasteiger partial charge in [0.2, 0.25) is 0 Å². The standard InChI is InChI=1S/C14H22N2O/c1-16(9-11-6-7-17-10-11)14-5-2-12(14)8-15-13-3-4-13/h6-7,10,12-15H,2-5,8-9H2,1H3. The molecule has 0 radical (unpaired) electrons. The zero-order valence-corrected chi connectivity index (χ0v) is 10.6. The van der Waals surface area contributed by atoms with Gasteiger partial charge in [-0.05, 0) is 51.3 Å². The predicted octanol–water partition coefficient (Wildman–Crippen LogP) is 2.24. The lowest BCUT2D eigenvalue weighted by atomic mass is 9.78. The second-order valence-electron chi connectivity index (χ2n) is 5.63. The molecule has 1 aromatic rings. The van der Waals surface area contributed by atoms with Crippen LogP contribution in [0.4, 0.5) is 0 Å². The number of furan rings is 1. The highest BCUT2D eigenvalue weighted by molar-refractivity contribution is 5.06. The van der Waals surface area contributed by atoms with E-state index in [2.05, 4.69) is 23.3 Å². The first-order chi connectivity index (χ1) is 8.33. The molecule has 1 heterocycles. The molecule has 94 valence electrons. The van der Waals surface area contributed by atoms with Gasteiger partial charge in [-0.25, -0.2) is 0 Å². The van der Waals surface area contributed by atoms with Crippen LogP contribution in [0.2, 0.25) is 0 Å². The van der Waals surface area contributed by atoms with E-state index in [0.717, 1.165) is 24.5 Å². The molecule has 3 heteroatoms. The maximum atomic E-state index is 5.12. The fraction of sp³-hybridized carbons (Fsp3) is 0.714. The lowest BCUT2D eigenvalue weighted by Gasteiger charge is -2.43. The molecule has 0 spiro atoms. The molecule has 2 fully saturated rings. The number of nitrogens with zero attached hydrogens (tertiary/aromatic N) is 1. The molecule has 1 aromatic heterocycles.